The molecule has 0 atom stereocenters. The zero-order valence-corrected chi connectivity index (χ0v) is 11.7. The minimum atomic E-state index is -3.21. The van der Waals surface area contributed by atoms with Crippen molar-refractivity contribution < 1.29 is 43.6 Å². The van der Waals surface area contributed by atoms with Crippen molar-refractivity contribution in [1.29, 1.82) is 0 Å². The minimum absolute atomic E-state index is 0. The van der Waals surface area contributed by atoms with Gasteiger partial charge in [-0.2, -0.15) is 0 Å². The van der Waals surface area contributed by atoms with Gasteiger partial charge in [0.15, 0.2) is 0 Å². The Morgan fingerprint density at radius 1 is 1.36 bits per heavy atom. The smallest absolute Gasteiger partial charge is 1.00 e. The number of hydrogen-bond acceptors (Lipinski definition) is 3. The van der Waals surface area contributed by atoms with E-state index in [1.807, 2.05) is 0 Å². The van der Waals surface area contributed by atoms with Crippen LogP contribution in [0.15, 0.2) is 0 Å². The predicted octanol–water partition coefficient (Wildman–Crippen LogP) is -1.70. The normalized spacial score (nSPS) is 12.4. The second kappa shape index (κ2) is 4.99. The summed E-state index contributed by atoms with van der Waals surface area (Å²) in [6.07, 6.45) is 0. The number of rotatable bonds is 3. The van der Waals surface area contributed by atoms with Gasteiger partial charge in [0.05, 0.1) is 6.61 Å². The zero-order valence-electron chi connectivity index (χ0n) is 8.84. The molecule has 0 unspecified atom stereocenters. The maximum absolute atomic E-state index is 11.1. The summed E-state index contributed by atoms with van der Waals surface area (Å²) in [7, 11) is -5.36. The molecule has 0 bridgehead atoms. The maximum Gasteiger partial charge on any atom is 1.00 e. The summed E-state index contributed by atoms with van der Waals surface area (Å²) >= 11 is 0. The van der Waals surface area contributed by atoms with Gasteiger partial charge in [0.25, 0.3) is 0 Å². The van der Waals surface area contributed by atoms with E-state index in [4.69, 9.17) is 0 Å². The van der Waals surface area contributed by atoms with Crippen LogP contribution < -0.4 is 29.6 Å². The molecule has 0 rings (SSSR count). The van der Waals surface area contributed by atoms with Crippen LogP contribution in [0.2, 0.25) is 19.6 Å². The largest absolute Gasteiger partial charge is 1.00 e. The summed E-state index contributed by atoms with van der Waals surface area (Å²) in [6.45, 7) is 7.16. The third-order valence-corrected chi connectivity index (χ3v) is 7.92. The molecule has 0 aromatic heterocycles. The van der Waals surface area contributed by atoms with Crippen LogP contribution in [0.25, 0.3) is 0 Å². The van der Waals surface area contributed by atoms with Gasteiger partial charge in [0.1, 0.15) is 0 Å². The fraction of sp³-hybridized carbons (Fsp3) is 1.00. The molecule has 3 nitrogen and oxygen atoms in total. The summed E-state index contributed by atoms with van der Waals surface area (Å²) in [5.74, 6) is 0. The summed E-state index contributed by atoms with van der Waals surface area (Å²) < 4.78 is 26.8. The molecule has 0 amide bonds. The SMILES string of the molecule is CCOS(=O)(=O)[Si](C)(C)C.[H-].[Na+]. The summed E-state index contributed by atoms with van der Waals surface area (Å²) in [4.78, 5) is 0. The van der Waals surface area contributed by atoms with Crippen LogP contribution in [-0.4, -0.2) is 22.2 Å². The quantitative estimate of drug-likeness (QED) is 0.517. The van der Waals surface area contributed by atoms with Gasteiger partial charge in [-0.25, -0.2) is 8.42 Å². The van der Waals surface area contributed by atoms with Crippen LogP contribution >= 0.6 is 0 Å². The molecule has 0 saturated heterocycles. The van der Waals surface area contributed by atoms with Crippen molar-refractivity contribution in [2.75, 3.05) is 6.61 Å². The monoisotopic (exact) mass is 206 g/mol. The Kier molecular flexibility index (Phi) is 6.64. The van der Waals surface area contributed by atoms with E-state index in [0.717, 1.165) is 0 Å². The molecular formula is C5H15NaO3SSi. The zero-order chi connectivity index (χ0) is 8.41. The fourth-order valence-corrected chi connectivity index (χ4v) is 2.41. The Morgan fingerprint density at radius 2 is 1.73 bits per heavy atom. The van der Waals surface area contributed by atoms with Crippen molar-refractivity contribution in [3.63, 3.8) is 0 Å². The third kappa shape index (κ3) is 4.64. The number of hydrogen-bond donors (Lipinski definition) is 0. The van der Waals surface area contributed by atoms with Crippen molar-refractivity contribution in [2.24, 2.45) is 0 Å². The van der Waals surface area contributed by atoms with Crippen LogP contribution in [0.5, 0.6) is 0 Å². The molecule has 0 heterocycles. The van der Waals surface area contributed by atoms with Crippen molar-refractivity contribution in [1.82, 2.24) is 0 Å². The predicted molar refractivity (Wildman–Crippen MR) is 45.0 cm³/mol. The Bertz CT molecular complexity index is 199. The molecule has 0 aliphatic carbocycles. The second-order valence-corrected chi connectivity index (χ2v) is 13.5. The van der Waals surface area contributed by atoms with E-state index >= 15 is 0 Å². The molecule has 0 aromatic rings. The first kappa shape index (κ1) is 14.6. The second-order valence-electron chi connectivity index (χ2n) is 2.97. The van der Waals surface area contributed by atoms with Gasteiger partial charge in [0, 0.05) is 0 Å². The Labute approximate surface area is 93.1 Å². The average Bonchev–Trinajstić information content (AvgIpc) is 1.61. The van der Waals surface area contributed by atoms with Crippen molar-refractivity contribution in [3.05, 3.63) is 0 Å². The van der Waals surface area contributed by atoms with Gasteiger partial charge >= 0.3 is 29.6 Å². The van der Waals surface area contributed by atoms with Gasteiger partial charge in [-0.05, 0) is 6.92 Å². The molecule has 0 saturated carbocycles. The van der Waals surface area contributed by atoms with E-state index < -0.39 is 16.8 Å². The molecule has 0 radical (unpaired) electrons. The molecule has 0 N–H and O–H groups in total. The van der Waals surface area contributed by atoms with E-state index in [0.29, 0.717) is 0 Å². The fourth-order valence-electron chi connectivity index (χ4n) is 0.332. The van der Waals surface area contributed by atoms with Crippen LogP contribution in [0.1, 0.15) is 8.35 Å². The van der Waals surface area contributed by atoms with Gasteiger partial charge in [0.2, 0.25) is 16.8 Å². The summed E-state index contributed by atoms with van der Waals surface area (Å²) in [5.41, 5.74) is 0. The molecule has 11 heavy (non-hydrogen) atoms. The molecule has 6 heteroatoms. The summed E-state index contributed by atoms with van der Waals surface area (Å²) in [6, 6.07) is 0. The van der Waals surface area contributed by atoms with Gasteiger partial charge < -0.3 is 1.43 Å². The van der Waals surface area contributed by atoms with Crippen molar-refractivity contribution >= 4 is 16.8 Å². The van der Waals surface area contributed by atoms with Crippen LogP contribution in [-0.2, 0) is 13.8 Å². The van der Waals surface area contributed by atoms with E-state index in [2.05, 4.69) is 4.18 Å². The maximum atomic E-state index is 11.1. The molecule has 0 spiro atoms. The first-order valence-corrected chi connectivity index (χ1v) is 8.83. The van der Waals surface area contributed by atoms with E-state index in [9.17, 15) is 8.42 Å². The minimum Gasteiger partial charge on any atom is -1.00 e. The Balaban J connectivity index is -0.000000405. The molecule has 0 fully saturated rings. The molecular weight excluding hydrogens is 191 g/mol. The average molecular weight is 206 g/mol. The van der Waals surface area contributed by atoms with E-state index in [1.54, 1.807) is 26.6 Å². The van der Waals surface area contributed by atoms with Crippen molar-refractivity contribution in [2.45, 2.75) is 26.6 Å². The first-order chi connectivity index (χ1) is 4.31. The van der Waals surface area contributed by atoms with Gasteiger partial charge in [-0.3, -0.25) is 4.18 Å². The Morgan fingerprint density at radius 3 is 1.82 bits per heavy atom. The van der Waals surface area contributed by atoms with Crippen LogP contribution in [0.3, 0.4) is 0 Å². The van der Waals surface area contributed by atoms with E-state index in [1.165, 1.54) is 0 Å². The molecule has 64 valence electrons. The van der Waals surface area contributed by atoms with Gasteiger partial charge in [-0.1, -0.05) is 19.6 Å². The van der Waals surface area contributed by atoms with Crippen molar-refractivity contribution in [3.8, 4) is 0 Å². The first-order valence-electron chi connectivity index (χ1n) is 3.20. The van der Waals surface area contributed by atoms with E-state index in [-0.39, 0.29) is 37.6 Å². The third-order valence-electron chi connectivity index (χ3n) is 1.02. The standard InChI is InChI=1S/C5H14O3SSi.Na.H/c1-5-8-9(6,7)10(2,3)4;;/h5H2,1-4H3;;/q;+1;-1. The van der Waals surface area contributed by atoms with Gasteiger partial charge in [-0.15, -0.1) is 0 Å². The summed E-state index contributed by atoms with van der Waals surface area (Å²) in [5, 5.41) is 0. The molecule has 0 aliphatic rings. The van der Waals surface area contributed by atoms with Crippen LogP contribution in [0, 0.1) is 0 Å². The molecule has 0 aliphatic heterocycles. The topological polar surface area (TPSA) is 43.4 Å². The van der Waals surface area contributed by atoms with Crippen LogP contribution in [0.4, 0.5) is 0 Å². The molecule has 0 aromatic carbocycles. The Hall–Kier alpha value is 1.13.